The summed E-state index contributed by atoms with van der Waals surface area (Å²) in [5, 5.41) is 5.03. The van der Waals surface area contributed by atoms with Gasteiger partial charge in [0, 0.05) is 11.6 Å². The normalized spacial score (nSPS) is 9.97. The quantitative estimate of drug-likeness (QED) is 0.570. The molecule has 0 fully saturated rings. The van der Waals surface area contributed by atoms with Gasteiger partial charge in [0.2, 0.25) is 0 Å². The number of benzene rings is 2. The molecule has 0 bridgehead atoms. The van der Waals surface area contributed by atoms with Crippen molar-refractivity contribution in [2.45, 2.75) is 6.92 Å². The molecule has 0 aliphatic rings. The van der Waals surface area contributed by atoms with Gasteiger partial charge in [0.05, 0.1) is 26.5 Å². The average Bonchev–Trinajstić information content (AvgIpc) is 2.77. The highest BCUT2D eigenvalue weighted by molar-refractivity contribution is 5.97. The lowest BCUT2D eigenvalue weighted by atomic mass is 10.2. The summed E-state index contributed by atoms with van der Waals surface area (Å²) in [6.07, 6.45) is 0. The van der Waals surface area contributed by atoms with Crippen molar-refractivity contribution in [1.82, 2.24) is 5.32 Å². The van der Waals surface area contributed by atoms with E-state index in [1.54, 1.807) is 30.3 Å². The van der Waals surface area contributed by atoms with Crippen molar-refractivity contribution in [2.24, 2.45) is 0 Å². The standard InChI is InChI=1S/C21H24N2O7/c1-4-29-18-8-6-5-7-17(18)23-19(24)13-30-20(25)12-22-21(26)14-9-15(27-2)11-16(10-14)28-3/h5-11H,4,12-13H2,1-3H3,(H,22,26)(H,23,24). The molecule has 0 radical (unpaired) electrons. The van der Waals surface area contributed by atoms with E-state index >= 15 is 0 Å². The molecular formula is C21H24N2O7. The molecule has 2 aromatic carbocycles. The van der Waals surface area contributed by atoms with E-state index in [2.05, 4.69) is 10.6 Å². The van der Waals surface area contributed by atoms with E-state index in [1.165, 1.54) is 26.4 Å². The zero-order chi connectivity index (χ0) is 21.9. The molecule has 9 heteroatoms. The van der Waals surface area contributed by atoms with Crippen molar-refractivity contribution in [1.29, 1.82) is 0 Å². The van der Waals surface area contributed by atoms with Gasteiger partial charge in [0.15, 0.2) is 6.61 Å². The van der Waals surface area contributed by atoms with Gasteiger partial charge in [-0.15, -0.1) is 0 Å². The molecule has 0 aliphatic carbocycles. The van der Waals surface area contributed by atoms with Crippen molar-refractivity contribution >= 4 is 23.5 Å². The van der Waals surface area contributed by atoms with E-state index in [9.17, 15) is 14.4 Å². The summed E-state index contributed by atoms with van der Waals surface area (Å²) in [6.45, 7) is 1.38. The maximum atomic E-state index is 12.2. The first-order valence-electron chi connectivity index (χ1n) is 9.15. The van der Waals surface area contributed by atoms with Crippen LogP contribution in [0.15, 0.2) is 42.5 Å². The number of rotatable bonds is 10. The number of esters is 1. The number of hydrogen-bond donors (Lipinski definition) is 2. The van der Waals surface area contributed by atoms with Crippen LogP contribution in [-0.4, -0.2) is 51.8 Å². The van der Waals surface area contributed by atoms with Crippen LogP contribution in [0.3, 0.4) is 0 Å². The van der Waals surface area contributed by atoms with Gasteiger partial charge in [-0.05, 0) is 31.2 Å². The third kappa shape index (κ3) is 6.69. The molecule has 0 unspecified atom stereocenters. The number of nitrogens with one attached hydrogen (secondary N) is 2. The van der Waals surface area contributed by atoms with Crippen LogP contribution in [-0.2, 0) is 14.3 Å². The van der Waals surface area contributed by atoms with Gasteiger partial charge in [0.1, 0.15) is 23.8 Å². The SMILES string of the molecule is CCOc1ccccc1NC(=O)COC(=O)CNC(=O)c1cc(OC)cc(OC)c1. The molecular weight excluding hydrogens is 392 g/mol. The summed E-state index contributed by atoms with van der Waals surface area (Å²) in [5.74, 6) is -0.414. The third-order valence-electron chi connectivity index (χ3n) is 3.83. The molecule has 9 nitrogen and oxygen atoms in total. The van der Waals surface area contributed by atoms with Crippen LogP contribution in [0.5, 0.6) is 17.2 Å². The number of para-hydroxylation sites is 2. The first-order valence-corrected chi connectivity index (χ1v) is 9.15. The summed E-state index contributed by atoms with van der Waals surface area (Å²) in [7, 11) is 2.93. The largest absolute Gasteiger partial charge is 0.497 e. The zero-order valence-corrected chi connectivity index (χ0v) is 17.0. The Morgan fingerprint density at radius 1 is 0.967 bits per heavy atom. The number of amides is 2. The molecule has 0 saturated heterocycles. The first kappa shape index (κ1) is 22.5. The van der Waals surface area contributed by atoms with Gasteiger partial charge < -0.3 is 29.6 Å². The Hall–Kier alpha value is -3.75. The molecule has 160 valence electrons. The number of anilines is 1. The maximum Gasteiger partial charge on any atom is 0.325 e. The molecule has 0 heterocycles. The summed E-state index contributed by atoms with van der Waals surface area (Å²) in [6, 6.07) is 11.5. The lowest BCUT2D eigenvalue weighted by molar-refractivity contribution is -0.146. The van der Waals surface area contributed by atoms with Gasteiger partial charge in [-0.3, -0.25) is 14.4 Å². The molecule has 30 heavy (non-hydrogen) atoms. The second kappa shape index (κ2) is 11.3. The number of carbonyl (C=O) groups is 3. The Labute approximate surface area is 174 Å². The van der Waals surface area contributed by atoms with Crippen LogP contribution < -0.4 is 24.8 Å². The predicted molar refractivity (Wildman–Crippen MR) is 109 cm³/mol. The van der Waals surface area contributed by atoms with Crippen molar-refractivity contribution in [3.8, 4) is 17.2 Å². The highest BCUT2D eigenvalue weighted by atomic mass is 16.5. The monoisotopic (exact) mass is 416 g/mol. The highest BCUT2D eigenvalue weighted by Crippen LogP contribution is 2.24. The van der Waals surface area contributed by atoms with E-state index in [0.717, 1.165) is 0 Å². The van der Waals surface area contributed by atoms with Gasteiger partial charge in [-0.25, -0.2) is 0 Å². The maximum absolute atomic E-state index is 12.2. The highest BCUT2D eigenvalue weighted by Gasteiger charge is 2.14. The minimum atomic E-state index is -0.758. The van der Waals surface area contributed by atoms with Crippen LogP contribution in [0.25, 0.3) is 0 Å². The van der Waals surface area contributed by atoms with E-state index in [1.807, 2.05) is 6.92 Å². The summed E-state index contributed by atoms with van der Waals surface area (Å²) >= 11 is 0. The fourth-order valence-electron chi connectivity index (χ4n) is 2.43. The minimum Gasteiger partial charge on any atom is -0.497 e. The molecule has 0 spiro atoms. The van der Waals surface area contributed by atoms with Gasteiger partial charge in [-0.1, -0.05) is 12.1 Å². The van der Waals surface area contributed by atoms with Crippen molar-refractivity contribution in [3.63, 3.8) is 0 Å². The fourth-order valence-corrected chi connectivity index (χ4v) is 2.43. The smallest absolute Gasteiger partial charge is 0.325 e. The van der Waals surface area contributed by atoms with Crippen LogP contribution in [0, 0.1) is 0 Å². The summed E-state index contributed by atoms with van der Waals surface area (Å²) < 4.78 is 20.5. The topological polar surface area (TPSA) is 112 Å². The fraction of sp³-hybridized carbons (Fsp3) is 0.286. The number of carbonyl (C=O) groups excluding carboxylic acids is 3. The van der Waals surface area contributed by atoms with Gasteiger partial charge in [-0.2, -0.15) is 0 Å². The molecule has 2 amide bonds. The number of hydrogen-bond acceptors (Lipinski definition) is 7. The number of ether oxygens (including phenoxy) is 4. The van der Waals surface area contributed by atoms with Crippen molar-refractivity contribution in [3.05, 3.63) is 48.0 Å². The third-order valence-corrected chi connectivity index (χ3v) is 3.83. The van der Waals surface area contributed by atoms with E-state index in [4.69, 9.17) is 18.9 Å². The van der Waals surface area contributed by atoms with Crippen molar-refractivity contribution < 1.29 is 33.3 Å². The zero-order valence-electron chi connectivity index (χ0n) is 17.0. The Balaban J connectivity index is 1.82. The predicted octanol–water partition coefficient (Wildman–Crippen LogP) is 2.01. The molecule has 0 aromatic heterocycles. The summed E-state index contributed by atoms with van der Waals surface area (Å²) in [4.78, 5) is 36.1. The Kier molecular flexibility index (Phi) is 8.49. The summed E-state index contributed by atoms with van der Waals surface area (Å²) in [5.41, 5.74) is 0.727. The molecule has 0 saturated carbocycles. The van der Waals surface area contributed by atoms with Crippen LogP contribution in [0.1, 0.15) is 17.3 Å². The minimum absolute atomic E-state index is 0.254. The number of methoxy groups -OCH3 is 2. The molecule has 0 aliphatic heterocycles. The first-order chi connectivity index (χ1) is 14.5. The van der Waals surface area contributed by atoms with E-state index in [-0.39, 0.29) is 5.56 Å². The molecule has 2 N–H and O–H groups in total. The van der Waals surface area contributed by atoms with E-state index in [0.29, 0.717) is 29.5 Å². The van der Waals surface area contributed by atoms with E-state index < -0.39 is 30.9 Å². The van der Waals surface area contributed by atoms with Crippen LogP contribution in [0.4, 0.5) is 5.69 Å². The Morgan fingerprint density at radius 3 is 2.27 bits per heavy atom. The second-order valence-electron chi connectivity index (χ2n) is 5.92. The lowest BCUT2D eigenvalue weighted by Crippen LogP contribution is -2.32. The van der Waals surface area contributed by atoms with Crippen LogP contribution in [0.2, 0.25) is 0 Å². The van der Waals surface area contributed by atoms with Gasteiger partial charge in [0.25, 0.3) is 11.8 Å². The Morgan fingerprint density at radius 2 is 1.63 bits per heavy atom. The molecule has 2 rings (SSSR count). The van der Waals surface area contributed by atoms with Crippen molar-refractivity contribution in [2.75, 3.05) is 39.3 Å². The molecule has 0 atom stereocenters. The van der Waals surface area contributed by atoms with Gasteiger partial charge >= 0.3 is 5.97 Å². The molecule has 2 aromatic rings. The second-order valence-corrected chi connectivity index (χ2v) is 5.92. The van der Waals surface area contributed by atoms with Crippen LogP contribution >= 0.6 is 0 Å². The average molecular weight is 416 g/mol. The lowest BCUT2D eigenvalue weighted by Gasteiger charge is -2.11. The Bertz CT molecular complexity index is 876.